The molecule has 1 atom stereocenters. The normalized spacial score (nSPS) is 20.5. The fourth-order valence-corrected chi connectivity index (χ4v) is 3.11. The summed E-state index contributed by atoms with van der Waals surface area (Å²) in [5.74, 6) is 1.81. The second-order valence-electron chi connectivity index (χ2n) is 5.98. The van der Waals surface area contributed by atoms with E-state index < -0.39 is 0 Å². The topological polar surface area (TPSA) is 42.0 Å². The Morgan fingerprint density at radius 2 is 2.09 bits per heavy atom. The zero-order valence-electron chi connectivity index (χ0n) is 13.4. The van der Waals surface area contributed by atoms with Crippen LogP contribution in [-0.2, 0) is 4.79 Å². The summed E-state index contributed by atoms with van der Waals surface area (Å²) >= 11 is 0. The highest BCUT2D eigenvalue weighted by Crippen LogP contribution is 2.38. The van der Waals surface area contributed by atoms with Crippen molar-refractivity contribution in [3.8, 4) is 11.5 Å². The molecule has 0 spiro atoms. The van der Waals surface area contributed by atoms with E-state index in [0.29, 0.717) is 19.8 Å². The lowest BCUT2D eigenvalue weighted by molar-refractivity contribution is -0.133. The molecule has 2 heterocycles. The Bertz CT molecular complexity index is 547. The Morgan fingerprint density at radius 3 is 2.86 bits per heavy atom. The van der Waals surface area contributed by atoms with Crippen LogP contribution in [0.25, 0.3) is 0 Å². The summed E-state index contributed by atoms with van der Waals surface area (Å²) in [4.78, 5) is 16.6. The Labute approximate surface area is 131 Å². The zero-order chi connectivity index (χ0) is 15.5. The number of rotatable bonds is 4. The van der Waals surface area contributed by atoms with Gasteiger partial charge in [0.1, 0.15) is 13.2 Å². The van der Waals surface area contributed by atoms with Crippen LogP contribution in [0.5, 0.6) is 11.5 Å². The Balaban J connectivity index is 1.76. The van der Waals surface area contributed by atoms with Crippen LogP contribution in [0, 0.1) is 0 Å². The third-order valence-electron chi connectivity index (χ3n) is 4.47. The minimum absolute atomic E-state index is 0.161. The quantitative estimate of drug-likeness (QED) is 0.854. The molecule has 2 aliphatic heterocycles. The van der Waals surface area contributed by atoms with Crippen LogP contribution in [0.15, 0.2) is 18.2 Å². The molecule has 3 rings (SSSR count). The summed E-state index contributed by atoms with van der Waals surface area (Å²) in [6, 6.07) is 6.22. The predicted molar refractivity (Wildman–Crippen MR) is 84.3 cm³/mol. The van der Waals surface area contributed by atoms with E-state index in [2.05, 4.69) is 13.0 Å². The molecule has 1 aromatic rings. The number of amides is 1. The average molecular weight is 304 g/mol. The van der Waals surface area contributed by atoms with Gasteiger partial charge in [-0.25, -0.2) is 0 Å². The zero-order valence-corrected chi connectivity index (χ0v) is 13.4. The van der Waals surface area contributed by atoms with Gasteiger partial charge in [0.2, 0.25) is 5.91 Å². The first-order valence-electron chi connectivity index (χ1n) is 8.06. The van der Waals surface area contributed by atoms with Crippen molar-refractivity contribution < 1.29 is 14.3 Å². The molecule has 1 aromatic carbocycles. The fourth-order valence-electron chi connectivity index (χ4n) is 3.11. The standard InChI is InChI=1S/C17H24N2O3/c1-3-18(2)12-17(20)19-8-4-5-14(19)13-6-7-15-16(11-13)22-10-9-21-15/h6-7,11,14H,3-5,8-10,12H2,1-2H3. The van der Waals surface area contributed by atoms with Crippen LogP contribution in [0.2, 0.25) is 0 Å². The average Bonchev–Trinajstić information content (AvgIpc) is 3.04. The van der Waals surface area contributed by atoms with Crippen molar-refractivity contribution in [2.24, 2.45) is 0 Å². The maximum Gasteiger partial charge on any atom is 0.237 e. The molecule has 1 fully saturated rings. The van der Waals surface area contributed by atoms with Gasteiger partial charge in [-0.3, -0.25) is 9.69 Å². The van der Waals surface area contributed by atoms with E-state index in [0.717, 1.165) is 43.0 Å². The number of hydrogen-bond donors (Lipinski definition) is 0. The summed E-state index contributed by atoms with van der Waals surface area (Å²) < 4.78 is 11.2. The summed E-state index contributed by atoms with van der Waals surface area (Å²) in [5, 5.41) is 0. The smallest absolute Gasteiger partial charge is 0.237 e. The Morgan fingerprint density at radius 1 is 1.32 bits per heavy atom. The van der Waals surface area contributed by atoms with Gasteiger partial charge in [0.25, 0.3) is 0 Å². The highest BCUT2D eigenvalue weighted by Gasteiger charge is 2.31. The van der Waals surface area contributed by atoms with Crippen molar-refractivity contribution in [2.75, 3.05) is 39.9 Å². The largest absolute Gasteiger partial charge is 0.486 e. The molecule has 0 aromatic heterocycles. The molecule has 0 aliphatic carbocycles. The molecule has 0 saturated carbocycles. The van der Waals surface area contributed by atoms with Crippen LogP contribution < -0.4 is 9.47 Å². The maximum atomic E-state index is 12.5. The molecule has 0 N–H and O–H groups in total. The van der Waals surface area contributed by atoms with Crippen molar-refractivity contribution >= 4 is 5.91 Å². The van der Waals surface area contributed by atoms with Crippen LogP contribution in [0.1, 0.15) is 31.4 Å². The van der Waals surface area contributed by atoms with Crippen molar-refractivity contribution in [2.45, 2.75) is 25.8 Å². The summed E-state index contributed by atoms with van der Waals surface area (Å²) in [6.07, 6.45) is 2.07. The van der Waals surface area contributed by atoms with Crippen molar-refractivity contribution in [1.29, 1.82) is 0 Å². The minimum atomic E-state index is 0.161. The Kier molecular flexibility index (Phi) is 4.52. The highest BCUT2D eigenvalue weighted by atomic mass is 16.6. The lowest BCUT2D eigenvalue weighted by Crippen LogP contribution is -2.38. The molecule has 5 heteroatoms. The molecule has 2 aliphatic rings. The molecule has 1 saturated heterocycles. The summed E-state index contributed by atoms with van der Waals surface area (Å²) in [6.45, 7) is 5.46. The van der Waals surface area contributed by atoms with E-state index in [1.807, 2.05) is 29.0 Å². The van der Waals surface area contributed by atoms with Crippen LogP contribution in [-0.4, -0.2) is 55.6 Å². The van der Waals surface area contributed by atoms with Gasteiger partial charge in [-0.15, -0.1) is 0 Å². The fraction of sp³-hybridized carbons (Fsp3) is 0.588. The molecule has 0 radical (unpaired) electrons. The van der Waals surface area contributed by atoms with E-state index in [1.54, 1.807) is 0 Å². The van der Waals surface area contributed by atoms with Gasteiger partial charge in [0.15, 0.2) is 11.5 Å². The van der Waals surface area contributed by atoms with Gasteiger partial charge < -0.3 is 14.4 Å². The Hall–Kier alpha value is -1.75. The van der Waals surface area contributed by atoms with E-state index in [9.17, 15) is 4.79 Å². The second kappa shape index (κ2) is 6.57. The molecule has 22 heavy (non-hydrogen) atoms. The highest BCUT2D eigenvalue weighted by molar-refractivity contribution is 5.79. The van der Waals surface area contributed by atoms with Crippen LogP contribution in [0.4, 0.5) is 0 Å². The number of nitrogens with zero attached hydrogens (tertiary/aromatic N) is 2. The SMILES string of the molecule is CCN(C)CC(=O)N1CCCC1c1ccc2c(c1)OCCO2. The predicted octanol–water partition coefficient (Wildman–Crippen LogP) is 2.07. The number of benzene rings is 1. The number of carbonyl (C=O) groups excluding carboxylic acids is 1. The summed E-state index contributed by atoms with van der Waals surface area (Å²) in [5.41, 5.74) is 1.15. The molecule has 1 unspecified atom stereocenters. The number of carbonyl (C=O) groups is 1. The van der Waals surface area contributed by atoms with E-state index in [-0.39, 0.29) is 11.9 Å². The monoisotopic (exact) mass is 304 g/mol. The summed E-state index contributed by atoms with van der Waals surface area (Å²) in [7, 11) is 1.98. The first-order chi connectivity index (χ1) is 10.7. The molecule has 5 nitrogen and oxygen atoms in total. The number of hydrogen-bond acceptors (Lipinski definition) is 4. The van der Waals surface area contributed by atoms with Crippen molar-refractivity contribution in [3.63, 3.8) is 0 Å². The van der Waals surface area contributed by atoms with Crippen LogP contribution >= 0.6 is 0 Å². The molecule has 120 valence electrons. The van der Waals surface area contributed by atoms with Gasteiger partial charge in [0.05, 0.1) is 12.6 Å². The maximum absolute atomic E-state index is 12.5. The number of likely N-dealkylation sites (tertiary alicyclic amines) is 1. The lowest BCUT2D eigenvalue weighted by atomic mass is 10.0. The van der Waals surface area contributed by atoms with E-state index in [4.69, 9.17) is 9.47 Å². The third kappa shape index (κ3) is 3.04. The number of fused-ring (bicyclic) bond motifs is 1. The van der Waals surface area contributed by atoms with Crippen molar-refractivity contribution in [3.05, 3.63) is 23.8 Å². The van der Waals surface area contributed by atoms with Gasteiger partial charge in [0, 0.05) is 6.54 Å². The van der Waals surface area contributed by atoms with Gasteiger partial charge in [-0.05, 0) is 44.1 Å². The van der Waals surface area contributed by atoms with E-state index in [1.165, 1.54) is 0 Å². The first kappa shape index (κ1) is 15.2. The van der Waals surface area contributed by atoms with Gasteiger partial charge >= 0.3 is 0 Å². The molecular weight excluding hydrogens is 280 g/mol. The second-order valence-corrected chi connectivity index (χ2v) is 5.98. The number of ether oxygens (including phenoxy) is 2. The van der Waals surface area contributed by atoms with Gasteiger partial charge in [-0.1, -0.05) is 13.0 Å². The molecule has 0 bridgehead atoms. The minimum Gasteiger partial charge on any atom is -0.486 e. The lowest BCUT2D eigenvalue weighted by Gasteiger charge is -2.28. The number of likely N-dealkylation sites (N-methyl/N-ethyl adjacent to an activating group) is 1. The first-order valence-corrected chi connectivity index (χ1v) is 8.06. The van der Waals surface area contributed by atoms with Crippen molar-refractivity contribution in [1.82, 2.24) is 9.80 Å². The van der Waals surface area contributed by atoms with E-state index >= 15 is 0 Å². The third-order valence-corrected chi connectivity index (χ3v) is 4.47. The van der Waals surface area contributed by atoms with Gasteiger partial charge in [-0.2, -0.15) is 0 Å². The molecular formula is C17H24N2O3. The molecule has 1 amide bonds. The van der Waals surface area contributed by atoms with Crippen LogP contribution in [0.3, 0.4) is 0 Å².